The Labute approximate surface area is 73.5 Å². The second kappa shape index (κ2) is 4.93. The second-order valence-corrected chi connectivity index (χ2v) is 3.01. The van der Waals surface area contributed by atoms with Crippen LogP contribution in [0.4, 0.5) is 0 Å². The first-order valence-corrected chi connectivity index (χ1v) is 4.28. The Morgan fingerprint density at radius 2 is 2.58 bits per heavy atom. The average molecular weight is 168 g/mol. The summed E-state index contributed by atoms with van der Waals surface area (Å²) in [6, 6.07) is 0. The molecule has 0 saturated carbocycles. The van der Waals surface area contributed by atoms with Crippen molar-refractivity contribution < 1.29 is 4.84 Å². The molecule has 0 fully saturated rings. The Balaban J connectivity index is 2.39. The van der Waals surface area contributed by atoms with Crippen LogP contribution in [0.25, 0.3) is 0 Å². The predicted molar refractivity (Wildman–Crippen MR) is 50.3 cm³/mol. The standard InChI is InChI=1S/C9H16N2O/c1-8(11-12-2)6-9-4-3-5-10-7-9/h4,10H,3,5-7H2,1-2H3. The highest BCUT2D eigenvalue weighted by molar-refractivity contribution is 5.83. The third-order valence-corrected chi connectivity index (χ3v) is 1.84. The first-order chi connectivity index (χ1) is 5.83. The molecular formula is C9H16N2O. The number of nitrogens with zero attached hydrogens (tertiary/aromatic N) is 1. The van der Waals surface area contributed by atoms with E-state index in [4.69, 9.17) is 0 Å². The minimum Gasteiger partial charge on any atom is -0.399 e. The van der Waals surface area contributed by atoms with E-state index in [0.717, 1.165) is 31.6 Å². The molecule has 0 aromatic carbocycles. The highest BCUT2D eigenvalue weighted by Gasteiger charge is 2.03. The van der Waals surface area contributed by atoms with Gasteiger partial charge in [-0.05, 0) is 19.9 Å². The summed E-state index contributed by atoms with van der Waals surface area (Å²) in [6.07, 6.45) is 4.35. The number of oxime groups is 1. The summed E-state index contributed by atoms with van der Waals surface area (Å²) in [7, 11) is 1.58. The third-order valence-electron chi connectivity index (χ3n) is 1.84. The molecule has 0 spiro atoms. The van der Waals surface area contributed by atoms with E-state index >= 15 is 0 Å². The van der Waals surface area contributed by atoms with Crippen molar-refractivity contribution in [3.8, 4) is 0 Å². The molecule has 0 aromatic heterocycles. The van der Waals surface area contributed by atoms with Gasteiger partial charge in [0.15, 0.2) is 0 Å². The maximum absolute atomic E-state index is 4.69. The van der Waals surface area contributed by atoms with Gasteiger partial charge in [0.2, 0.25) is 0 Å². The largest absolute Gasteiger partial charge is 0.399 e. The van der Waals surface area contributed by atoms with Gasteiger partial charge in [0.1, 0.15) is 7.11 Å². The van der Waals surface area contributed by atoms with E-state index < -0.39 is 0 Å². The van der Waals surface area contributed by atoms with E-state index in [-0.39, 0.29) is 0 Å². The normalized spacial score (nSPS) is 18.8. The lowest BCUT2D eigenvalue weighted by Gasteiger charge is -2.13. The minimum absolute atomic E-state index is 0.931. The number of nitrogens with one attached hydrogen (secondary N) is 1. The van der Waals surface area contributed by atoms with Crippen molar-refractivity contribution in [3.05, 3.63) is 11.6 Å². The van der Waals surface area contributed by atoms with Crippen LogP contribution in [0.3, 0.4) is 0 Å². The van der Waals surface area contributed by atoms with Crippen LogP contribution in [0.5, 0.6) is 0 Å². The van der Waals surface area contributed by atoms with E-state index in [0.29, 0.717) is 0 Å². The molecule has 68 valence electrons. The summed E-state index contributed by atoms with van der Waals surface area (Å²) in [5.74, 6) is 0. The van der Waals surface area contributed by atoms with Gasteiger partial charge < -0.3 is 10.2 Å². The fourth-order valence-electron chi connectivity index (χ4n) is 1.35. The average Bonchev–Trinajstić information content (AvgIpc) is 2.06. The number of hydrogen-bond donors (Lipinski definition) is 1. The molecule has 0 amide bonds. The fourth-order valence-corrected chi connectivity index (χ4v) is 1.35. The van der Waals surface area contributed by atoms with E-state index in [1.165, 1.54) is 5.57 Å². The monoisotopic (exact) mass is 168 g/mol. The van der Waals surface area contributed by atoms with Crippen LogP contribution >= 0.6 is 0 Å². The molecular weight excluding hydrogens is 152 g/mol. The van der Waals surface area contributed by atoms with Crippen molar-refractivity contribution in [1.82, 2.24) is 5.32 Å². The highest BCUT2D eigenvalue weighted by atomic mass is 16.6. The molecule has 0 unspecified atom stereocenters. The second-order valence-electron chi connectivity index (χ2n) is 3.01. The van der Waals surface area contributed by atoms with E-state index in [9.17, 15) is 0 Å². The predicted octanol–water partition coefficient (Wildman–Crippen LogP) is 1.32. The SMILES string of the molecule is CON=C(C)CC1=CCCNC1. The lowest BCUT2D eigenvalue weighted by Crippen LogP contribution is -2.23. The highest BCUT2D eigenvalue weighted by Crippen LogP contribution is 2.06. The zero-order chi connectivity index (χ0) is 8.81. The van der Waals surface area contributed by atoms with Crippen molar-refractivity contribution in [1.29, 1.82) is 0 Å². The van der Waals surface area contributed by atoms with E-state index in [1.807, 2.05) is 6.92 Å². The topological polar surface area (TPSA) is 33.6 Å². The lowest BCUT2D eigenvalue weighted by molar-refractivity contribution is 0.212. The van der Waals surface area contributed by atoms with Crippen LogP contribution in [-0.4, -0.2) is 25.9 Å². The van der Waals surface area contributed by atoms with Crippen molar-refractivity contribution in [3.63, 3.8) is 0 Å². The van der Waals surface area contributed by atoms with Gasteiger partial charge >= 0.3 is 0 Å². The van der Waals surface area contributed by atoms with Gasteiger partial charge in [-0.25, -0.2) is 0 Å². The summed E-state index contributed by atoms with van der Waals surface area (Å²) in [5, 5.41) is 7.18. The molecule has 3 heteroatoms. The third kappa shape index (κ3) is 3.05. The zero-order valence-electron chi connectivity index (χ0n) is 7.76. The van der Waals surface area contributed by atoms with Crippen LogP contribution in [0.2, 0.25) is 0 Å². The molecule has 0 radical (unpaired) electrons. The first-order valence-electron chi connectivity index (χ1n) is 4.28. The van der Waals surface area contributed by atoms with Gasteiger partial charge in [-0.2, -0.15) is 0 Å². The van der Waals surface area contributed by atoms with Gasteiger partial charge in [-0.3, -0.25) is 0 Å². The molecule has 1 aliphatic rings. The minimum atomic E-state index is 0.931. The van der Waals surface area contributed by atoms with E-state index in [2.05, 4.69) is 21.4 Å². The smallest absolute Gasteiger partial charge is 0.106 e. The molecule has 0 aromatic rings. The molecule has 0 atom stereocenters. The van der Waals surface area contributed by atoms with Gasteiger partial charge in [-0.15, -0.1) is 0 Å². The van der Waals surface area contributed by atoms with Crippen LogP contribution < -0.4 is 5.32 Å². The fraction of sp³-hybridized carbons (Fsp3) is 0.667. The Morgan fingerprint density at radius 3 is 3.17 bits per heavy atom. The van der Waals surface area contributed by atoms with Crippen LogP contribution in [0.1, 0.15) is 19.8 Å². The molecule has 0 aliphatic carbocycles. The summed E-state index contributed by atoms with van der Waals surface area (Å²) < 4.78 is 0. The lowest BCUT2D eigenvalue weighted by atomic mass is 10.1. The Hall–Kier alpha value is -0.830. The number of rotatable bonds is 3. The Bertz CT molecular complexity index is 197. The van der Waals surface area contributed by atoms with Crippen LogP contribution in [0.15, 0.2) is 16.8 Å². The Morgan fingerprint density at radius 1 is 1.75 bits per heavy atom. The summed E-state index contributed by atoms with van der Waals surface area (Å²) >= 11 is 0. The first kappa shape index (κ1) is 9.26. The molecule has 1 rings (SSSR count). The van der Waals surface area contributed by atoms with Crippen molar-refractivity contribution >= 4 is 5.71 Å². The van der Waals surface area contributed by atoms with Gasteiger partial charge in [0, 0.05) is 13.0 Å². The van der Waals surface area contributed by atoms with E-state index in [1.54, 1.807) is 7.11 Å². The van der Waals surface area contributed by atoms with Crippen LogP contribution in [0, 0.1) is 0 Å². The molecule has 3 nitrogen and oxygen atoms in total. The van der Waals surface area contributed by atoms with Gasteiger partial charge in [0.05, 0.1) is 5.71 Å². The zero-order valence-corrected chi connectivity index (χ0v) is 7.76. The molecule has 1 N–H and O–H groups in total. The molecule has 0 saturated heterocycles. The van der Waals surface area contributed by atoms with Crippen molar-refractivity contribution in [2.24, 2.45) is 5.16 Å². The summed E-state index contributed by atoms with van der Waals surface area (Å²) in [6.45, 7) is 4.08. The molecule has 12 heavy (non-hydrogen) atoms. The quantitative estimate of drug-likeness (QED) is 0.392. The van der Waals surface area contributed by atoms with Crippen molar-refractivity contribution in [2.45, 2.75) is 19.8 Å². The maximum Gasteiger partial charge on any atom is 0.106 e. The van der Waals surface area contributed by atoms with Gasteiger partial charge in [-0.1, -0.05) is 16.8 Å². The molecule has 0 bridgehead atoms. The van der Waals surface area contributed by atoms with Crippen molar-refractivity contribution in [2.75, 3.05) is 20.2 Å². The summed E-state index contributed by atoms with van der Waals surface area (Å²) in [5.41, 5.74) is 2.45. The Kier molecular flexibility index (Phi) is 3.80. The van der Waals surface area contributed by atoms with Crippen LogP contribution in [-0.2, 0) is 4.84 Å². The summed E-state index contributed by atoms with van der Waals surface area (Å²) in [4.78, 5) is 4.69. The molecule has 1 heterocycles. The number of hydrogen-bond acceptors (Lipinski definition) is 3. The molecule has 1 aliphatic heterocycles. The van der Waals surface area contributed by atoms with Gasteiger partial charge in [0.25, 0.3) is 0 Å². The maximum atomic E-state index is 4.69.